The number of anilines is 1. The summed E-state index contributed by atoms with van der Waals surface area (Å²) in [6.07, 6.45) is 0. The molecule has 27 heavy (non-hydrogen) atoms. The van der Waals surface area contributed by atoms with E-state index < -0.39 is 35.3 Å². The van der Waals surface area contributed by atoms with Crippen molar-refractivity contribution in [2.75, 3.05) is 5.32 Å². The first-order chi connectivity index (χ1) is 12.6. The van der Waals surface area contributed by atoms with Gasteiger partial charge in [0.1, 0.15) is 12.4 Å². The van der Waals surface area contributed by atoms with Crippen LogP contribution >= 0.6 is 27.5 Å². The number of amides is 1. The maximum Gasteiger partial charge on any atom is 0.332 e. The zero-order valence-corrected chi connectivity index (χ0v) is 16.2. The highest BCUT2D eigenvalue weighted by Crippen LogP contribution is 2.27. The fourth-order valence-electron chi connectivity index (χ4n) is 2.55. The highest BCUT2D eigenvalue weighted by molar-refractivity contribution is 9.10. The molecule has 3 rings (SSSR count). The van der Waals surface area contributed by atoms with E-state index in [2.05, 4.69) is 26.2 Å². The third-order valence-corrected chi connectivity index (χ3v) is 4.79. The molecule has 3 aromatic rings. The van der Waals surface area contributed by atoms with Crippen molar-refractivity contribution in [1.29, 1.82) is 0 Å². The Hall–Kier alpha value is -2.53. The number of fused-ring (bicyclic) bond motifs is 1. The number of hydrogen-bond donors (Lipinski definition) is 1. The number of nitrogens with one attached hydrogen (secondary N) is 1. The number of halogens is 4. The van der Waals surface area contributed by atoms with Gasteiger partial charge in [-0.3, -0.25) is 23.3 Å². The third-order valence-electron chi connectivity index (χ3n) is 3.87. The molecular weight excluding hydrogens is 452 g/mol. The van der Waals surface area contributed by atoms with Gasteiger partial charge in [-0.1, -0.05) is 0 Å². The number of aromatic nitrogens is 4. The molecule has 0 fully saturated rings. The Kier molecular flexibility index (Phi) is 4.91. The maximum absolute atomic E-state index is 13.9. The third kappa shape index (κ3) is 3.28. The van der Waals surface area contributed by atoms with Crippen LogP contribution in [-0.4, -0.2) is 24.6 Å². The lowest BCUT2D eigenvalue weighted by atomic mass is 10.3. The Bertz CT molecular complexity index is 1190. The molecule has 0 atom stereocenters. The highest BCUT2D eigenvalue weighted by atomic mass is 79.9. The quantitative estimate of drug-likeness (QED) is 0.601. The minimum absolute atomic E-state index is 0.00764. The molecule has 0 aliphatic rings. The van der Waals surface area contributed by atoms with Crippen LogP contribution < -0.4 is 16.6 Å². The number of aryl methyl sites for hydroxylation is 1. The topological polar surface area (TPSA) is 90.9 Å². The number of nitrogens with zero attached hydrogens (tertiary/aromatic N) is 4. The molecule has 0 radical (unpaired) electrons. The predicted molar refractivity (Wildman–Crippen MR) is 97.9 cm³/mol. The largest absolute Gasteiger partial charge is 0.332 e. The van der Waals surface area contributed by atoms with E-state index in [0.29, 0.717) is 6.07 Å². The summed E-state index contributed by atoms with van der Waals surface area (Å²) in [5.41, 5.74) is -1.60. The second-order valence-corrected chi connectivity index (χ2v) is 6.83. The molecule has 0 saturated heterocycles. The molecule has 0 unspecified atom stereocenters. The number of benzene rings is 1. The van der Waals surface area contributed by atoms with Gasteiger partial charge in [-0.15, -0.1) is 0 Å². The summed E-state index contributed by atoms with van der Waals surface area (Å²) in [6, 6.07) is 1.61. The molecule has 0 spiro atoms. The number of imidazole rings is 1. The summed E-state index contributed by atoms with van der Waals surface area (Å²) in [5, 5.41) is 2.09. The fourth-order valence-corrected chi connectivity index (χ4v) is 3.28. The number of carbonyl (C=O) groups is 1. The molecular formula is C15H11BrClF2N5O3. The van der Waals surface area contributed by atoms with Crippen LogP contribution in [-0.2, 0) is 25.4 Å². The van der Waals surface area contributed by atoms with Gasteiger partial charge in [0.15, 0.2) is 17.0 Å². The van der Waals surface area contributed by atoms with Crippen LogP contribution in [0.15, 0.2) is 26.2 Å². The lowest BCUT2D eigenvalue weighted by Gasteiger charge is -2.10. The van der Waals surface area contributed by atoms with Gasteiger partial charge in [-0.25, -0.2) is 13.6 Å². The van der Waals surface area contributed by atoms with Gasteiger partial charge in [-0.2, -0.15) is 4.98 Å². The zero-order chi connectivity index (χ0) is 20.0. The van der Waals surface area contributed by atoms with Crippen molar-refractivity contribution in [3.05, 3.63) is 54.4 Å². The monoisotopic (exact) mass is 461 g/mol. The maximum atomic E-state index is 13.9. The Morgan fingerprint density at radius 2 is 1.93 bits per heavy atom. The van der Waals surface area contributed by atoms with Crippen LogP contribution in [0.5, 0.6) is 0 Å². The van der Waals surface area contributed by atoms with Gasteiger partial charge in [-0.05, 0) is 33.6 Å². The molecule has 8 nitrogen and oxygen atoms in total. The normalized spacial score (nSPS) is 11.2. The first-order valence-electron chi connectivity index (χ1n) is 7.38. The molecule has 12 heteroatoms. The van der Waals surface area contributed by atoms with E-state index >= 15 is 0 Å². The summed E-state index contributed by atoms with van der Waals surface area (Å²) < 4.78 is 30.1. The van der Waals surface area contributed by atoms with Gasteiger partial charge in [0.25, 0.3) is 5.56 Å². The van der Waals surface area contributed by atoms with Crippen LogP contribution in [0.2, 0.25) is 5.28 Å². The number of carbonyl (C=O) groups excluding carboxylic acids is 1. The fraction of sp³-hybridized carbons (Fsp3) is 0.200. The van der Waals surface area contributed by atoms with E-state index in [0.717, 1.165) is 19.8 Å². The van der Waals surface area contributed by atoms with Gasteiger partial charge in [0.2, 0.25) is 11.2 Å². The molecule has 1 amide bonds. The molecule has 1 aromatic carbocycles. The minimum atomic E-state index is -0.977. The van der Waals surface area contributed by atoms with E-state index in [1.165, 1.54) is 14.1 Å². The van der Waals surface area contributed by atoms with Gasteiger partial charge >= 0.3 is 5.69 Å². The predicted octanol–water partition coefficient (Wildman–Crippen LogP) is 1.77. The van der Waals surface area contributed by atoms with E-state index in [9.17, 15) is 23.2 Å². The van der Waals surface area contributed by atoms with Crippen LogP contribution in [0.4, 0.5) is 14.5 Å². The van der Waals surface area contributed by atoms with Crippen molar-refractivity contribution < 1.29 is 13.6 Å². The smallest absolute Gasteiger partial charge is 0.321 e. The lowest BCUT2D eigenvalue weighted by molar-refractivity contribution is -0.116. The molecule has 1 N–H and O–H groups in total. The molecule has 0 saturated carbocycles. The zero-order valence-electron chi connectivity index (χ0n) is 13.9. The molecule has 2 heterocycles. The Morgan fingerprint density at radius 3 is 2.56 bits per heavy atom. The van der Waals surface area contributed by atoms with Crippen molar-refractivity contribution in [3.8, 4) is 0 Å². The minimum Gasteiger partial charge on any atom is -0.321 e. The van der Waals surface area contributed by atoms with Crippen LogP contribution in [0.25, 0.3) is 11.2 Å². The summed E-state index contributed by atoms with van der Waals surface area (Å²) in [6.45, 7) is -0.480. The van der Waals surface area contributed by atoms with Crippen molar-refractivity contribution >= 4 is 50.3 Å². The SMILES string of the molecule is Cn1c(=O)c2c(nc(Cl)n2CC(=O)Nc2c(F)cc(F)cc2Br)n(C)c1=O. The van der Waals surface area contributed by atoms with Crippen LogP contribution in [0, 0.1) is 11.6 Å². The Balaban J connectivity index is 2.03. The summed E-state index contributed by atoms with van der Waals surface area (Å²) in [7, 11) is 2.68. The number of rotatable bonds is 3. The molecule has 0 bridgehead atoms. The van der Waals surface area contributed by atoms with Gasteiger partial charge < -0.3 is 5.32 Å². The van der Waals surface area contributed by atoms with Crippen molar-refractivity contribution in [2.24, 2.45) is 14.1 Å². The van der Waals surface area contributed by atoms with Crippen molar-refractivity contribution in [2.45, 2.75) is 6.54 Å². The van der Waals surface area contributed by atoms with E-state index in [1.807, 2.05) is 0 Å². The molecule has 0 aliphatic heterocycles. The second kappa shape index (κ2) is 6.89. The Morgan fingerprint density at radius 1 is 1.26 bits per heavy atom. The summed E-state index contributed by atoms with van der Waals surface area (Å²) >= 11 is 8.99. The van der Waals surface area contributed by atoms with Crippen molar-refractivity contribution in [1.82, 2.24) is 18.7 Å². The van der Waals surface area contributed by atoms with E-state index in [1.54, 1.807) is 0 Å². The first kappa shape index (κ1) is 19.2. The van der Waals surface area contributed by atoms with E-state index in [4.69, 9.17) is 11.6 Å². The second-order valence-electron chi connectivity index (χ2n) is 5.64. The van der Waals surface area contributed by atoms with Crippen LogP contribution in [0.3, 0.4) is 0 Å². The lowest BCUT2D eigenvalue weighted by Crippen LogP contribution is -2.37. The number of hydrogen-bond acceptors (Lipinski definition) is 4. The van der Waals surface area contributed by atoms with E-state index in [-0.39, 0.29) is 26.6 Å². The summed E-state index contributed by atoms with van der Waals surface area (Å²) in [4.78, 5) is 40.7. The first-order valence-corrected chi connectivity index (χ1v) is 8.55. The van der Waals surface area contributed by atoms with Crippen LogP contribution in [0.1, 0.15) is 0 Å². The molecule has 0 aliphatic carbocycles. The Labute approximate surface area is 163 Å². The van der Waals surface area contributed by atoms with Gasteiger partial charge in [0, 0.05) is 24.6 Å². The highest BCUT2D eigenvalue weighted by Gasteiger charge is 2.21. The molecule has 2 aromatic heterocycles. The van der Waals surface area contributed by atoms with Crippen molar-refractivity contribution in [3.63, 3.8) is 0 Å². The molecule has 142 valence electrons. The van der Waals surface area contributed by atoms with Gasteiger partial charge in [0.05, 0.1) is 5.69 Å². The summed E-state index contributed by atoms with van der Waals surface area (Å²) in [5.74, 6) is -2.53. The standard InChI is InChI=1S/C15H11BrClF2N5O3/c1-22-12-11(13(26)23(2)15(22)27)24(14(17)21-12)5-9(25)20-10-7(16)3-6(18)4-8(10)19/h3-4H,5H2,1-2H3,(H,20,25). The average molecular weight is 463 g/mol. The average Bonchev–Trinajstić information content (AvgIpc) is 2.91.